The zero-order valence-electron chi connectivity index (χ0n) is 18.7. The van der Waals surface area contributed by atoms with Crippen LogP contribution in [0.2, 0.25) is 0 Å². The van der Waals surface area contributed by atoms with E-state index in [1.807, 2.05) is 4.90 Å². The second-order valence-corrected chi connectivity index (χ2v) is 8.68. The Balaban J connectivity index is 1.30. The van der Waals surface area contributed by atoms with Gasteiger partial charge in [-0.05, 0) is 37.0 Å². The van der Waals surface area contributed by atoms with Crippen LogP contribution in [0.15, 0.2) is 30.7 Å². The lowest BCUT2D eigenvalue weighted by Crippen LogP contribution is -2.45. The van der Waals surface area contributed by atoms with Gasteiger partial charge in [-0.15, -0.1) is 0 Å². The van der Waals surface area contributed by atoms with E-state index in [1.165, 1.54) is 17.3 Å². The summed E-state index contributed by atoms with van der Waals surface area (Å²) in [6.07, 6.45) is 4.50. The molecule has 0 saturated carbocycles. The summed E-state index contributed by atoms with van der Waals surface area (Å²) in [4.78, 5) is 34.7. The smallest absolute Gasteiger partial charge is 0.414 e. The summed E-state index contributed by atoms with van der Waals surface area (Å²) in [5.41, 5.74) is 7.55. The normalized spacial score (nSPS) is 19.6. The third kappa shape index (κ3) is 5.46. The Bertz CT molecular complexity index is 1050. The lowest BCUT2D eigenvalue weighted by atomic mass is 9.94. The number of cyclic esters (lactones) is 1. The Morgan fingerprint density at radius 3 is 2.88 bits per heavy atom. The number of benzene rings is 1. The van der Waals surface area contributed by atoms with Crippen molar-refractivity contribution in [1.82, 2.24) is 15.3 Å². The minimum absolute atomic E-state index is 0.107. The molecule has 34 heavy (non-hydrogen) atoms. The number of carbonyl (C=O) groups is 2. The van der Waals surface area contributed by atoms with Gasteiger partial charge in [-0.3, -0.25) is 9.69 Å². The first-order valence-electron chi connectivity index (χ1n) is 11.3. The van der Waals surface area contributed by atoms with Gasteiger partial charge in [-0.25, -0.2) is 14.2 Å². The van der Waals surface area contributed by atoms with E-state index in [2.05, 4.69) is 21.4 Å². The van der Waals surface area contributed by atoms with Crippen LogP contribution in [-0.2, 0) is 16.0 Å². The van der Waals surface area contributed by atoms with E-state index in [9.17, 15) is 14.0 Å². The molecule has 0 radical (unpaired) electrons. The molecule has 10 nitrogen and oxygen atoms in total. The van der Waals surface area contributed by atoms with Crippen molar-refractivity contribution in [2.75, 3.05) is 36.0 Å². The molecule has 0 spiro atoms. The van der Waals surface area contributed by atoms with Crippen LogP contribution in [0, 0.1) is 23.1 Å². The first-order chi connectivity index (χ1) is 16.4. The topological polar surface area (TPSA) is 140 Å². The van der Waals surface area contributed by atoms with Gasteiger partial charge in [-0.2, -0.15) is 5.26 Å². The number of nitrogens with one attached hydrogen (secondary N) is 2. The highest BCUT2D eigenvalue weighted by molar-refractivity contribution is 5.90. The number of H-pyrrole nitrogens is 1. The molecule has 1 aromatic heterocycles. The zero-order chi connectivity index (χ0) is 24.1. The van der Waals surface area contributed by atoms with Crippen molar-refractivity contribution in [1.29, 1.82) is 5.26 Å². The van der Waals surface area contributed by atoms with Crippen LogP contribution in [0.25, 0.3) is 0 Å². The number of carbonyl (C=O) groups excluding carboxylic acids is 2. The standard InChI is InChI=1S/C23H28FN7O3/c24-19-10-17(1-2-21(19)30-7-4-15(3-6-25)5-8-30)31-13-18(34-23(31)33)12-28-22(32)20(26)9-16-11-27-14-29-16/h1-2,10-11,14-15,18,20H,3-5,7-9,12-13,26H2,(H,27,29)(H,28,32)/t18-,20-/m0/s1. The number of hydrogen-bond donors (Lipinski definition) is 3. The van der Waals surface area contributed by atoms with Gasteiger partial charge in [0.25, 0.3) is 0 Å². The van der Waals surface area contributed by atoms with E-state index in [1.54, 1.807) is 18.3 Å². The minimum atomic E-state index is -0.764. The molecular weight excluding hydrogens is 441 g/mol. The van der Waals surface area contributed by atoms with Crippen molar-refractivity contribution in [3.8, 4) is 6.07 Å². The van der Waals surface area contributed by atoms with Gasteiger partial charge in [0, 0.05) is 37.8 Å². The Morgan fingerprint density at radius 1 is 1.41 bits per heavy atom. The lowest BCUT2D eigenvalue weighted by Gasteiger charge is -2.33. The van der Waals surface area contributed by atoms with E-state index in [0.29, 0.717) is 43.2 Å². The number of nitrogens with zero attached hydrogens (tertiary/aromatic N) is 4. The van der Waals surface area contributed by atoms with E-state index in [0.717, 1.165) is 18.5 Å². The van der Waals surface area contributed by atoms with Crippen molar-refractivity contribution < 1.29 is 18.7 Å². The van der Waals surface area contributed by atoms with E-state index < -0.39 is 24.1 Å². The van der Waals surface area contributed by atoms with Crippen molar-refractivity contribution in [2.24, 2.45) is 11.7 Å². The fraction of sp³-hybridized carbons (Fsp3) is 0.478. The number of ether oxygens (including phenoxy) is 1. The Morgan fingerprint density at radius 2 is 2.21 bits per heavy atom. The highest BCUT2D eigenvalue weighted by Gasteiger charge is 2.33. The SMILES string of the molecule is N#CCC1CCN(c2ccc(N3C[C@H](CNC(=O)[C@@H](N)Cc4cnc[nH]4)OC3=O)cc2F)CC1. The lowest BCUT2D eigenvalue weighted by molar-refractivity contribution is -0.122. The zero-order valence-corrected chi connectivity index (χ0v) is 18.7. The number of anilines is 2. The monoisotopic (exact) mass is 469 g/mol. The fourth-order valence-electron chi connectivity index (χ4n) is 4.34. The number of amides is 2. The largest absolute Gasteiger partial charge is 0.442 e. The predicted molar refractivity (Wildman–Crippen MR) is 122 cm³/mol. The van der Waals surface area contributed by atoms with Crippen LogP contribution in [0.4, 0.5) is 20.6 Å². The summed E-state index contributed by atoms with van der Waals surface area (Å²) in [5.74, 6) is -0.413. The van der Waals surface area contributed by atoms with Crippen LogP contribution >= 0.6 is 0 Å². The number of piperidine rings is 1. The summed E-state index contributed by atoms with van der Waals surface area (Å²) >= 11 is 0. The molecule has 0 bridgehead atoms. The molecule has 2 atom stereocenters. The third-order valence-corrected chi connectivity index (χ3v) is 6.29. The number of aromatic nitrogens is 2. The molecule has 2 saturated heterocycles. The van der Waals surface area contributed by atoms with Gasteiger partial charge >= 0.3 is 6.09 Å². The van der Waals surface area contributed by atoms with Crippen molar-refractivity contribution >= 4 is 23.4 Å². The molecule has 2 aromatic rings. The number of halogens is 1. The Kier molecular flexibility index (Phi) is 7.27. The van der Waals surface area contributed by atoms with Gasteiger partial charge in [0.05, 0.1) is 42.9 Å². The second kappa shape index (κ2) is 10.5. The minimum Gasteiger partial charge on any atom is -0.442 e. The molecule has 0 aliphatic carbocycles. The number of imidazole rings is 1. The molecule has 2 fully saturated rings. The Labute approximate surface area is 196 Å². The van der Waals surface area contributed by atoms with Gasteiger partial charge in [-0.1, -0.05) is 0 Å². The highest BCUT2D eigenvalue weighted by atomic mass is 19.1. The summed E-state index contributed by atoms with van der Waals surface area (Å²) in [6, 6.07) is 6.14. The molecular formula is C23H28FN7O3. The third-order valence-electron chi connectivity index (χ3n) is 6.29. The first kappa shape index (κ1) is 23.5. The van der Waals surface area contributed by atoms with Crippen LogP contribution in [0.5, 0.6) is 0 Å². The molecule has 3 heterocycles. The van der Waals surface area contributed by atoms with Crippen LogP contribution in [0.3, 0.4) is 0 Å². The van der Waals surface area contributed by atoms with Gasteiger partial charge in [0.1, 0.15) is 11.9 Å². The maximum atomic E-state index is 14.9. The molecule has 4 rings (SSSR count). The number of hydrogen-bond acceptors (Lipinski definition) is 7. The van der Waals surface area contributed by atoms with Gasteiger partial charge < -0.3 is 25.7 Å². The van der Waals surface area contributed by atoms with E-state index in [4.69, 9.17) is 15.7 Å². The van der Waals surface area contributed by atoms with Gasteiger partial charge in [0.2, 0.25) is 5.91 Å². The fourth-order valence-corrected chi connectivity index (χ4v) is 4.34. The van der Waals surface area contributed by atoms with Crippen LogP contribution < -0.4 is 20.9 Å². The first-order valence-corrected chi connectivity index (χ1v) is 11.3. The summed E-state index contributed by atoms with van der Waals surface area (Å²) in [7, 11) is 0. The number of nitriles is 1. The predicted octanol–water partition coefficient (Wildman–Crippen LogP) is 1.69. The summed E-state index contributed by atoms with van der Waals surface area (Å²) < 4.78 is 20.2. The molecule has 2 amide bonds. The summed E-state index contributed by atoms with van der Waals surface area (Å²) in [5, 5.41) is 11.6. The highest BCUT2D eigenvalue weighted by Crippen LogP contribution is 2.31. The molecule has 11 heteroatoms. The number of nitrogens with two attached hydrogens (primary N) is 1. The quantitative estimate of drug-likeness (QED) is 0.534. The number of aromatic amines is 1. The van der Waals surface area contributed by atoms with E-state index >= 15 is 0 Å². The van der Waals surface area contributed by atoms with Crippen LogP contribution in [0.1, 0.15) is 25.0 Å². The average Bonchev–Trinajstić information content (AvgIpc) is 3.47. The van der Waals surface area contributed by atoms with Crippen molar-refractivity contribution in [3.05, 3.63) is 42.2 Å². The molecule has 2 aliphatic heterocycles. The van der Waals surface area contributed by atoms with Crippen molar-refractivity contribution in [2.45, 2.75) is 37.8 Å². The van der Waals surface area contributed by atoms with Crippen molar-refractivity contribution in [3.63, 3.8) is 0 Å². The summed E-state index contributed by atoms with van der Waals surface area (Å²) in [6.45, 7) is 1.68. The second-order valence-electron chi connectivity index (χ2n) is 8.68. The Hall–Kier alpha value is -3.65. The molecule has 1 aromatic carbocycles. The number of rotatable bonds is 8. The van der Waals surface area contributed by atoms with Crippen LogP contribution in [-0.4, -0.2) is 60.3 Å². The average molecular weight is 470 g/mol. The van der Waals surface area contributed by atoms with Gasteiger partial charge in [0.15, 0.2) is 0 Å². The molecule has 4 N–H and O–H groups in total. The molecule has 2 aliphatic rings. The molecule has 0 unspecified atom stereocenters. The maximum absolute atomic E-state index is 14.9. The molecule has 180 valence electrons. The van der Waals surface area contributed by atoms with E-state index in [-0.39, 0.29) is 19.0 Å². The maximum Gasteiger partial charge on any atom is 0.414 e.